The van der Waals surface area contributed by atoms with Crippen LogP contribution in [0.4, 0.5) is 0 Å². The molecule has 1 aromatic rings. The SMILES string of the molecule is CC(C)(C)C(=O)N1CSCC1C(=O)NCc1ccoc1. The van der Waals surface area contributed by atoms with Crippen molar-refractivity contribution >= 4 is 23.6 Å². The third kappa shape index (κ3) is 3.36. The third-order valence-electron chi connectivity index (χ3n) is 3.13. The van der Waals surface area contributed by atoms with Crippen LogP contribution < -0.4 is 5.32 Å². The van der Waals surface area contributed by atoms with Crippen LogP contribution in [-0.2, 0) is 16.1 Å². The zero-order valence-corrected chi connectivity index (χ0v) is 12.8. The van der Waals surface area contributed by atoms with Crippen molar-refractivity contribution in [3.05, 3.63) is 24.2 Å². The summed E-state index contributed by atoms with van der Waals surface area (Å²) in [7, 11) is 0. The van der Waals surface area contributed by atoms with Crippen molar-refractivity contribution in [2.75, 3.05) is 11.6 Å². The van der Waals surface area contributed by atoms with Gasteiger partial charge in [0.05, 0.1) is 18.4 Å². The summed E-state index contributed by atoms with van der Waals surface area (Å²) in [5.74, 6) is 1.15. The maximum atomic E-state index is 12.3. The molecule has 0 bridgehead atoms. The second kappa shape index (κ2) is 5.91. The number of carbonyl (C=O) groups excluding carboxylic acids is 2. The highest BCUT2D eigenvalue weighted by atomic mass is 32.2. The van der Waals surface area contributed by atoms with E-state index in [9.17, 15) is 9.59 Å². The highest BCUT2D eigenvalue weighted by Crippen LogP contribution is 2.27. The van der Waals surface area contributed by atoms with Crippen LogP contribution in [-0.4, -0.2) is 34.4 Å². The van der Waals surface area contributed by atoms with Crippen molar-refractivity contribution in [1.29, 1.82) is 0 Å². The molecule has 0 aliphatic carbocycles. The number of amides is 2. The fourth-order valence-electron chi connectivity index (χ4n) is 1.99. The fourth-order valence-corrected chi connectivity index (χ4v) is 3.14. The highest BCUT2D eigenvalue weighted by Gasteiger charge is 2.38. The van der Waals surface area contributed by atoms with Crippen molar-refractivity contribution in [1.82, 2.24) is 10.2 Å². The van der Waals surface area contributed by atoms with Crippen LogP contribution in [0.5, 0.6) is 0 Å². The molecule has 1 aromatic heterocycles. The van der Waals surface area contributed by atoms with Gasteiger partial charge in [-0.3, -0.25) is 9.59 Å². The van der Waals surface area contributed by atoms with E-state index in [0.717, 1.165) is 5.56 Å². The molecule has 1 N–H and O–H groups in total. The Labute approximate surface area is 123 Å². The van der Waals surface area contributed by atoms with Gasteiger partial charge in [-0.1, -0.05) is 20.8 Å². The van der Waals surface area contributed by atoms with E-state index in [1.54, 1.807) is 29.2 Å². The van der Waals surface area contributed by atoms with Crippen LogP contribution >= 0.6 is 11.8 Å². The molecule has 0 aromatic carbocycles. The van der Waals surface area contributed by atoms with Gasteiger partial charge in [-0.15, -0.1) is 11.8 Å². The van der Waals surface area contributed by atoms with Gasteiger partial charge in [0, 0.05) is 23.3 Å². The number of thioether (sulfide) groups is 1. The van der Waals surface area contributed by atoms with Crippen molar-refractivity contribution in [3.63, 3.8) is 0 Å². The van der Waals surface area contributed by atoms with Gasteiger partial charge in [0.25, 0.3) is 0 Å². The fraction of sp³-hybridized carbons (Fsp3) is 0.571. The third-order valence-corrected chi connectivity index (χ3v) is 4.15. The molecule has 6 heteroatoms. The van der Waals surface area contributed by atoms with Crippen molar-refractivity contribution in [2.45, 2.75) is 33.4 Å². The van der Waals surface area contributed by atoms with Crippen LogP contribution in [0.3, 0.4) is 0 Å². The van der Waals surface area contributed by atoms with E-state index in [0.29, 0.717) is 18.2 Å². The first-order valence-electron chi connectivity index (χ1n) is 6.57. The lowest BCUT2D eigenvalue weighted by Gasteiger charge is -2.29. The van der Waals surface area contributed by atoms with Crippen LogP contribution in [0, 0.1) is 5.41 Å². The van der Waals surface area contributed by atoms with Crippen molar-refractivity contribution < 1.29 is 14.0 Å². The Hall–Kier alpha value is -1.43. The Bertz CT molecular complexity index is 479. The average Bonchev–Trinajstić information content (AvgIpc) is 3.04. The minimum Gasteiger partial charge on any atom is -0.472 e. The second-order valence-electron chi connectivity index (χ2n) is 5.89. The molecule has 2 amide bonds. The molecule has 2 heterocycles. The van der Waals surface area contributed by atoms with Gasteiger partial charge in [0.15, 0.2) is 0 Å². The molecule has 1 fully saturated rings. The summed E-state index contributed by atoms with van der Waals surface area (Å²) < 4.78 is 4.96. The lowest BCUT2D eigenvalue weighted by Crippen LogP contribution is -2.50. The molecule has 20 heavy (non-hydrogen) atoms. The molecule has 1 atom stereocenters. The molecule has 0 radical (unpaired) electrons. The topological polar surface area (TPSA) is 62.6 Å². The number of nitrogens with one attached hydrogen (secondary N) is 1. The summed E-state index contributed by atoms with van der Waals surface area (Å²) in [6.45, 7) is 6.05. The molecule has 1 aliphatic rings. The van der Waals surface area contributed by atoms with E-state index < -0.39 is 5.41 Å². The zero-order chi connectivity index (χ0) is 14.8. The Kier molecular flexibility index (Phi) is 4.42. The van der Waals surface area contributed by atoms with Gasteiger partial charge < -0.3 is 14.6 Å². The standard InChI is InChI=1S/C14H20N2O3S/c1-14(2,3)13(18)16-9-20-8-11(16)12(17)15-6-10-4-5-19-7-10/h4-5,7,11H,6,8-9H2,1-3H3,(H,15,17). The first-order chi connectivity index (χ1) is 9.39. The van der Waals surface area contributed by atoms with Gasteiger partial charge >= 0.3 is 0 Å². The van der Waals surface area contributed by atoms with Crippen LogP contribution in [0.2, 0.25) is 0 Å². The molecule has 0 saturated carbocycles. The summed E-state index contributed by atoms with van der Waals surface area (Å²) in [6, 6.07) is 1.43. The predicted octanol–water partition coefficient (Wildman–Crippen LogP) is 1.84. The summed E-state index contributed by atoms with van der Waals surface area (Å²) in [5.41, 5.74) is 0.450. The lowest BCUT2D eigenvalue weighted by atomic mass is 9.94. The van der Waals surface area contributed by atoms with Crippen molar-refractivity contribution in [3.8, 4) is 0 Å². The highest BCUT2D eigenvalue weighted by molar-refractivity contribution is 7.99. The number of rotatable bonds is 3. The smallest absolute Gasteiger partial charge is 0.243 e. The number of carbonyl (C=O) groups is 2. The molecule has 0 spiro atoms. The molecular formula is C14H20N2O3S. The van der Waals surface area contributed by atoms with E-state index in [1.165, 1.54) is 0 Å². The van der Waals surface area contributed by atoms with E-state index in [1.807, 2.05) is 26.8 Å². The van der Waals surface area contributed by atoms with Gasteiger partial charge in [-0.05, 0) is 6.07 Å². The first kappa shape index (κ1) is 15.0. The molecule has 1 aliphatic heterocycles. The first-order valence-corrected chi connectivity index (χ1v) is 7.72. The Morgan fingerprint density at radius 3 is 2.85 bits per heavy atom. The van der Waals surface area contributed by atoms with Crippen molar-refractivity contribution in [2.24, 2.45) is 5.41 Å². The number of nitrogens with zero attached hydrogens (tertiary/aromatic N) is 1. The average molecular weight is 296 g/mol. The van der Waals surface area contributed by atoms with Crippen LogP contribution in [0.1, 0.15) is 26.3 Å². The molecule has 2 rings (SSSR count). The van der Waals surface area contributed by atoms with E-state index in [4.69, 9.17) is 4.42 Å². The maximum absolute atomic E-state index is 12.3. The summed E-state index contributed by atoms with van der Waals surface area (Å²) >= 11 is 1.61. The van der Waals surface area contributed by atoms with E-state index in [2.05, 4.69) is 5.32 Å². The summed E-state index contributed by atoms with van der Waals surface area (Å²) in [6.07, 6.45) is 3.17. The Morgan fingerprint density at radius 2 is 2.25 bits per heavy atom. The molecule has 110 valence electrons. The quantitative estimate of drug-likeness (QED) is 0.924. The molecular weight excluding hydrogens is 276 g/mol. The van der Waals surface area contributed by atoms with Gasteiger partial charge in [0.1, 0.15) is 6.04 Å². The monoisotopic (exact) mass is 296 g/mol. The minimum atomic E-state index is -0.464. The number of furan rings is 1. The summed E-state index contributed by atoms with van der Waals surface area (Å²) in [5, 5.41) is 2.86. The largest absolute Gasteiger partial charge is 0.472 e. The predicted molar refractivity (Wildman–Crippen MR) is 78.0 cm³/mol. The molecule has 1 unspecified atom stereocenters. The summed E-state index contributed by atoms with van der Waals surface area (Å²) in [4.78, 5) is 26.2. The molecule has 5 nitrogen and oxygen atoms in total. The normalized spacial score (nSPS) is 19.1. The van der Waals surface area contributed by atoms with Crippen LogP contribution in [0.25, 0.3) is 0 Å². The van der Waals surface area contributed by atoms with E-state index in [-0.39, 0.29) is 17.9 Å². The van der Waals surface area contributed by atoms with Gasteiger partial charge in [-0.25, -0.2) is 0 Å². The zero-order valence-electron chi connectivity index (χ0n) is 12.0. The number of hydrogen-bond donors (Lipinski definition) is 1. The number of hydrogen-bond acceptors (Lipinski definition) is 4. The van der Waals surface area contributed by atoms with E-state index >= 15 is 0 Å². The minimum absolute atomic E-state index is 0.0194. The van der Waals surface area contributed by atoms with Gasteiger partial charge in [-0.2, -0.15) is 0 Å². The molecule has 1 saturated heterocycles. The second-order valence-corrected chi connectivity index (χ2v) is 6.89. The maximum Gasteiger partial charge on any atom is 0.243 e. The van der Waals surface area contributed by atoms with Crippen LogP contribution in [0.15, 0.2) is 23.0 Å². The Morgan fingerprint density at radius 1 is 1.50 bits per heavy atom. The van der Waals surface area contributed by atoms with Gasteiger partial charge in [0.2, 0.25) is 11.8 Å². The Balaban J connectivity index is 1.96. The lowest BCUT2D eigenvalue weighted by molar-refractivity contribution is -0.144.